The highest BCUT2D eigenvalue weighted by Gasteiger charge is 2.04. The fraction of sp³-hybridized carbons (Fsp3) is 0.500. The van der Waals surface area contributed by atoms with Crippen LogP contribution in [0, 0.1) is 12.5 Å². The molecule has 0 saturated carbocycles. The van der Waals surface area contributed by atoms with Crippen LogP contribution in [0.25, 0.3) is 0 Å². The second-order valence-corrected chi connectivity index (χ2v) is 4.71. The summed E-state index contributed by atoms with van der Waals surface area (Å²) >= 11 is 0. The van der Waals surface area contributed by atoms with E-state index in [4.69, 9.17) is 10.6 Å². The molecule has 0 heterocycles. The smallest absolute Gasteiger partial charge is 0.0836 e. The Morgan fingerprint density at radius 2 is 2.00 bits per heavy atom. The van der Waals surface area contributed by atoms with Gasteiger partial charge in [-0.15, -0.1) is 0 Å². The van der Waals surface area contributed by atoms with Gasteiger partial charge in [-0.3, -0.25) is 4.84 Å². The molecule has 0 aliphatic rings. The van der Waals surface area contributed by atoms with Crippen molar-refractivity contribution < 1.29 is 4.84 Å². The molecule has 1 rings (SSSR count). The van der Waals surface area contributed by atoms with Gasteiger partial charge in [0.2, 0.25) is 0 Å². The Morgan fingerprint density at radius 1 is 1.29 bits per heavy atom. The third-order valence-corrected chi connectivity index (χ3v) is 2.39. The fourth-order valence-electron chi connectivity index (χ4n) is 1.47. The minimum absolute atomic E-state index is 0.0253. The standard InChI is InChI=1S/C14H23N2O/c1-12(2)8-9-16-17-11-14(15)10-13-6-4-3-5-7-13/h3-7,9,12,14,16H,8,10-11,15H2,1-2H3/t14-/m0/s1. The summed E-state index contributed by atoms with van der Waals surface area (Å²) in [7, 11) is 0. The average molecular weight is 235 g/mol. The molecule has 17 heavy (non-hydrogen) atoms. The van der Waals surface area contributed by atoms with Crippen LogP contribution in [0.5, 0.6) is 0 Å². The third-order valence-electron chi connectivity index (χ3n) is 2.39. The number of hydrogen-bond acceptors (Lipinski definition) is 3. The van der Waals surface area contributed by atoms with E-state index in [1.54, 1.807) is 0 Å². The van der Waals surface area contributed by atoms with Gasteiger partial charge in [0.1, 0.15) is 0 Å². The Kier molecular flexibility index (Phi) is 6.86. The van der Waals surface area contributed by atoms with E-state index in [0.717, 1.165) is 12.8 Å². The zero-order valence-electron chi connectivity index (χ0n) is 10.7. The van der Waals surface area contributed by atoms with Crippen molar-refractivity contribution in [2.24, 2.45) is 11.7 Å². The van der Waals surface area contributed by atoms with Crippen molar-refractivity contribution in [3.63, 3.8) is 0 Å². The highest BCUT2D eigenvalue weighted by molar-refractivity contribution is 5.15. The first-order valence-corrected chi connectivity index (χ1v) is 6.17. The minimum atomic E-state index is 0.0253. The summed E-state index contributed by atoms with van der Waals surface area (Å²) in [6.07, 6.45) is 1.83. The Bertz CT molecular complexity index is 288. The van der Waals surface area contributed by atoms with Crippen LogP contribution in [0.1, 0.15) is 25.8 Å². The molecule has 1 atom stereocenters. The molecule has 0 bridgehead atoms. The van der Waals surface area contributed by atoms with Gasteiger partial charge >= 0.3 is 0 Å². The van der Waals surface area contributed by atoms with Gasteiger partial charge < -0.3 is 5.73 Å². The van der Waals surface area contributed by atoms with Crippen LogP contribution in [0.3, 0.4) is 0 Å². The van der Waals surface area contributed by atoms with E-state index in [0.29, 0.717) is 12.5 Å². The number of benzene rings is 1. The van der Waals surface area contributed by atoms with E-state index >= 15 is 0 Å². The van der Waals surface area contributed by atoms with E-state index in [-0.39, 0.29) is 6.04 Å². The Balaban J connectivity index is 2.07. The van der Waals surface area contributed by atoms with Gasteiger partial charge in [-0.05, 0) is 24.3 Å². The molecule has 1 aromatic carbocycles. The minimum Gasteiger partial charge on any atom is -0.325 e. The highest BCUT2D eigenvalue weighted by atomic mass is 16.6. The number of hydrogen-bond donors (Lipinski definition) is 2. The van der Waals surface area contributed by atoms with Crippen LogP contribution in [0.4, 0.5) is 0 Å². The average Bonchev–Trinajstić information content (AvgIpc) is 2.29. The van der Waals surface area contributed by atoms with E-state index in [1.807, 2.05) is 24.7 Å². The zero-order valence-corrected chi connectivity index (χ0v) is 10.7. The van der Waals surface area contributed by atoms with Crippen LogP contribution in [0.2, 0.25) is 0 Å². The van der Waals surface area contributed by atoms with Crippen molar-refractivity contribution >= 4 is 0 Å². The van der Waals surface area contributed by atoms with Gasteiger partial charge in [-0.1, -0.05) is 44.2 Å². The van der Waals surface area contributed by atoms with Crippen molar-refractivity contribution in [3.8, 4) is 0 Å². The van der Waals surface area contributed by atoms with Gasteiger partial charge in [-0.2, -0.15) is 5.48 Å². The first-order chi connectivity index (χ1) is 8.18. The molecule has 1 aromatic rings. The predicted molar refractivity (Wildman–Crippen MR) is 71.0 cm³/mol. The van der Waals surface area contributed by atoms with Gasteiger partial charge in [0.05, 0.1) is 13.2 Å². The molecular weight excluding hydrogens is 212 g/mol. The second kappa shape index (κ2) is 8.23. The molecule has 1 radical (unpaired) electrons. The van der Waals surface area contributed by atoms with Gasteiger partial charge in [0.15, 0.2) is 0 Å². The van der Waals surface area contributed by atoms with Crippen LogP contribution in [-0.4, -0.2) is 12.6 Å². The molecule has 0 aliphatic carbocycles. The lowest BCUT2D eigenvalue weighted by atomic mass is 10.1. The molecular formula is C14H23N2O. The molecule has 0 saturated heterocycles. The molecule has 0 aromatic heterocycles. The number of rotatable bonds is 8. The van der Waals surface area contributed by atoms with E-state index in [1.165, 1.54) is 5.56 Å². The van der Waals surface area contributed by atoms with Gasteiger partial charge in [0.25, 0.3) is 0 Å². The van der Waals surface area contributed by atoms with Crippen molar-refractivity contribution in [2.45, 2.75) is 32.7 Å². The summed E-state index contributed by atoms with van der Waals surface area (Å²) < 4.78 is 0. The van der Waals surface area contributed by atoms with Crippen LogP contribution < -0.4 is 11.2 Å². The molecule has 0 aliphatic heterocycles. The lowest BCUT2D eigenvalue weighted by Gasteiger charge is -2.12. The monoisotopic (exact) mass is 235 g/mol. The van der Waals surface area contributed by atoms with Crippen LogP contribution >= 0.6 is 0 Å². The summed E-state index contributed by atoms with van der Waals surface area (Å²) in [5, 5.41) is 0. The summed E-state index contributed by atoms with van der Waals surface area (Å²) in [5.41, 5.74) is 10.0. The summed E-state index contributed by atoms with van der Waals surface area (Å²) in [5.74, 6) is 0.643. The first kappa shape index (κ1) is 14.2. The van der Waals surface area contributed by atoms with Crippen molar-refractivity contribution in [1.82, 2.24) is 5.48 Å². The maximum atomic E-state index is 5.97. The molecule has 95 valence electrons. The number of nitrogens with two attached hydrogens (primary N) is 1. The Morgan fingerprint density at radius 3 is 2.65 bits per heavy atom. The van der Waals surface area contributed by atoms with Crippen LogP contribution in [0.15, 0.2) is 30.3 Å². The Labute approximate surface area is 104 Å². The zero-order chi connectivity index (χ0) is 12.5. The topological polar surface area (TPSA) is 47.3 Å². The van der Waals surface area contributed by atoms with Gasteiger partial charge in [-0.25, -0.2) is 0 Å². The quantitative estimate of drug-likeness (QED) is 0.537. The normalized spacial score (nSPS) is 12.9. The van der Waals surface area contributed by atoms with Crippen molar-refractivity contribution in [2.75, 3.05) is 6.61 Å². The lowest BCUT2D eigenvalue weighted by Crippen LogP contribution is -2.31. The van der Waals surface area contributed by atoms with Crippen molar-refractivity contribution in [1.29, 1.82) is 0 Å². The molecule has 3 nitrogen and oxygen atoms in total. The van der Waals surface area contributed by atoms with E-state index in [2.05, 4.69) is 31.5 Å². The maximum Gasteiger partial charge on any atom is 0.0836 e. The summed E-state index contributed by atoms with van der Waals surface area (Å²) in [4.78, 5) is 5.29. The van der Waals surface area contributed by atoms with Gasteiger partial charge in [0, 0.05) is 6.04 Å². The molecule has 3 heteroatoms. The van der Waals surface area contributed by atoms with E-state index in [9.17, 15) is 0 Å². The van der Waals surface area contributed by atoms with Crippen LogP contribution in [-0.2, 0) is 11.3 Å². The first-order valence-electron chi connectivity index (χ1n) is 6.17. The molecule has 0 unspecified atom stereocenters. The summed E-state index contributed by atoms with van der Waals surface area (Å²) in [6.45, 7) is 6.78. The third kappa shape index (κ3) is 7.10. The maximum absolute atomic E-state index is 5.97. The Hall–Kier alpha value is -0.900. The van der Waals surface area contributed by atoms with Crippen molar-refractivity contribution in [3.05, 3.63) is 42.4 Å². The largest absolute Gasteiger partial charge is 0.325 e. The number of nitrogens with one attached hydrogen (secondary N) is 1. The fourth-order valence-corrected chi connectivity index (χ4v) is 1.47. The second-order valence-electron chi connectivity index (χ2n) is 4.71. The van der Waals surface area contributed by atoms with E-state index < -0.39 is 0 Å². The SMILES string of the molecule is CC(C)C[CH]NOC[C@@H](N)Cc1ccccc1. The number of hydroxylamine groups is 1. The molecule has 0 spiro atoms. The lowest BCUT2D eigenvalue weighted by molar-refractivity contribution is 0.0465. The molecule has 0 amide bonds. The molecule has 3 N–H and O–H groups in total. The summed E-state index contributed by atoms with van der Waals surface area (Å²) in [6, 6.07) is 10.2. The predicted octanol–water partition coefficient (Wildman–Crippen LogP) is 2.29. The highest BCUT2D eigenvalue weighted by Crippen LogP contribution is 2.02. The molecule has 0 fully saturated rings.